The van der Waals surface area contributed by atoms with Crippen molar-refractivity contribution in [1.82, 2.24) is 10.5 Å². The number of unbranched alkanes of at least 4 members (excludes halogenated alkanes) is 1. The lowest BCUT2D eigenvalue weighted by molar-refractivity contribution is -0.890. The van der Waals surface area contributed by atoms with Gasteiger partial charge in [-0.1, -0.05) is 86.9 Å². The maximum Gasteiger partial charge on any atom is 0.314 e. The zero-order chi connectivity index (χ0) is 37.5. The molecule has 0 aliphatic carbocycles. The van der Waals surface area contributed by atoms with E-state index >= 15 is 0 Å². The first-order valence-corrected chi connectivity index (χ1v) is 19.5. The highest BCUT2D eigenvalue weighted by Gasteiger charge is 2.51. The normalized spacial score (nSPS) is 16.4. The Labute approximate surface area is 306 Å². The van der Waals surface area contributed by atoms with Crippen LogP contribution in [0.1, 0.15) is 75.3 Å². The molecular weight excluding hydrogens is 684 g/mol. The average Bonchev–Trinajstić information content (AvgIpc) is 3.75. The number of sulfonamides is 1. The number of aromatic nitrogens is 1. The lowest BCUT2D eigenvalue weighted by Crippen LogP contribution is -2.67. The highest BCUT2D eigenvalue weighted by atomic mass is 32.2. The Bertz CT molecular complexity index is 1940. The van der Waals surface area contributed by atoms with Gasteiger partial charge in [-0.25, -0.2) is 26.8 Å². The lowest BCUT2D eigenvalue weighted by atomic mass is 9.93. The van der Waals surface area contributed by atoms with Crippen LogP contribution in [0.2, 0.25) is 0 Å². The molecular formula is C40H50FN4O6S+. The van der Waals surface area contributed by atoms with Crippen LogP contribution in [0.3, 0.4) is 0 Å². The molecule has 12 heteroatoms. The molecule has 1 aromatic heterocycles. The molecule has 1 aliphatic heterocycles. The minimum absolute atomic E-state index is 0.0162. The quantitative estimate of drug-likeness (QED) is 0.115. The molecule has 1 fully saturated rings. The summed E-state index contributed by atoms with van der Waals surface area (Å²) in [6.45, 7) is 10.9. The monoisotopic (exact) mass is 733 g/mol. The van der Waals surface area contributed by atoms with Crippen molar-refractivity contribution < 1.29 is 36.1 Å². The van der Waals surface area contributed by atoms with Gasteiger partial charge in [-0.15, -0.1) is 0 Å². The van der Waals surface area contributed by atoms with Crippen LogP contribution in [-0.2, 0) is 37.4 Å². The molecule has 4 aromatic rings. The maximum absolute atomic E-state index is 14.6. The number of hydrogen-bond acceptors (Lipinski definition) is 7. The van der Waals surface area contributed by atoms with Crippen molar-refractivity contribution in [3.63, 3.8) is 0 Å². The molecule has 1 saturated heterocycles. The third-order valence-electron chi connectivity index (χ3n) is 9.90. The Morgan fingerprint density at radius 1 is 1.00 bits per heavy atom. The summed E-state index contributed by atoms with van der Waals surface area (Å²) < 4.78 is 54.5. The largest absolute Gasteiger partial charge is 0.372 e. The van der Waals surface area contributed by atoms with Crippen molar-refractivity contribution in [3.05, 3.63) is 101 Å². The zero-order valence-corrected chi connectivity index (χ0v) is 31.5. The summed E-state index contributed by atoms with van der Waals surface area (Å²) in [6, 6.07) is 19.5. The number of aryl methyl sites for hydroxylation is 1. The number of nitrogens with zero attached hydrogens (tertiary/aromatic N) is 2. The first-order chi connectivity index (χ1) is 24.8. The number of carbonyl (C=O) groups excluding carboxylic acids is 2. The van der Waals surface area contributed by atoms with Crippen molar-refractivity contribution in [3.8, 4) is 11.1 Å². The minimum Gasteiger partial charge on any atom is -0.372 e. The molecule has 52 heavy (non-hydrogen) atoms. The van der Waals surface area contributed by atoms with E-state index in [9.17, 15) is 22.4 Å². The van der Waals surface area contributed by atoms with E-state index < -0.39 is 16.1 Å². The van der Waals surface area contributed by atoms with Crippen LogP contribution in [0.15, 0.2) is 82.2 Å². The van der Waals surface area contributed by atoms with Crippen molar-refractivity contribution in [2.75, 3.05) is 17.9 Å². The highest BCUT2D eigenvalue weighted by molar-refractivity contribution is 7.92. The van der Waals surface area contributed by atoms with Gasteiger partial charge in [-0.05, 0) is 62.4 Å². The summed E-state index contributed by atoms with van der Waals surface area (Å²) in [5.41, 5.74) is 3.94. The molecule has 3 atom stereocenters. The van der Waals surface area contributed by atoms with Crippen molar-refractivity contribution in [2.24, 2.45) is 5.92 Å². The topological polar surface area (TPSA) is 128 Å². The molecule has 2 unspecified atom stereocenters. The van der Waals surface area contributed by atoms with Gasteiger partial charge >= 0.3 is 5.91 Å². The summed E-state index contributed by atoms with van der Waals surface area (Å²) >= 11 is 0. The summed E-state index contributed by atoms with van der Waals surface area (Å²) in [7, 11) is -4.04. The number of ether oxygens (including phenoxy) is 1. The summed E-state index contributed by atoms with van der Waals surface area (Å²) in [5, 5.41) is 6.92. The maximum atomic E-state index is 14.6. The minimum atomic E-state index is -4.04. The van der Waals surface area contributed by atoms with E-state index in [0.29, 0.717) is 48.4 Å². The summed E-state index contributed by atoms with van der Waals surface area (Å²) in [5.74, 6) is -0.758. The second kappa shape index (κ2) is 17.0. The summed E-state index contributed by atoms with van der Waals surface area (Å²) in [6.07, 6.45) is 3.34. The smallest absolute Gasteiger partial charge is 0.314 e. The average molecular weight is 734 g/mol. The molecule has 0 saturated carbocycles. The molecule has 1 aliphatic rings. The Morgan fingerprint density at radius 2 is 1.69 bits per heavy atom. The van der Waals surface area contributed by atoms with Gasteiger partial charge in [0.15, 0.2) is 6.04 Å². The van der Waals surface area contributed by atoms with Gasteiger partial charge in [-0.3, -0.25) is 4.79 Å². The third-order valence-corrected chi connectivity index (χ3v) is 11.3. The first-order valence-electron chi connectivity index (χ1n) is 18.0. The molecule has 2 N–H and O–H groups in total. The number of hydrogen-bond donors (Lipinski definition) is 2. The van der Waals surface area contributed by atoms with E-state index in [1.165, 1.54) is 18.2 Å². The lowest BCUT2D eigenvalue weighted by Gasteiger charge is -2.44. The molecule has 0 spiro atoms. The standard InChI is InChI=1S/C40H49FN4O6S/c1-6-7-14-37(46)45(26-34-11-10-23-50-34,38(27(2)3)39(47)42-24-30-17-21-33(41)22-18-30)25-31-15-19-32(20-16-31)35-12-8-9-13-36(35)52(48,49)44-40-28(4)29(5)43-51-40/h8-9,12-13,15-22,27,34,38H,6-7,10-11,14,23-26H2,1-5H3,(H-,42,43,44,47)/p+1/t34?,38-,45?/m0/s1. The number of halogens is 1. The van der Waals surface area contributed by atoms with E-state index in [1.807, 2.05) is 45.0 Å². The predicted molar refractivity (Wildman–Crippen MR) is 198 cm³/mol. The van der Waals surface area contributed by atoms with Gasteiger partial charge in [0.05, 0.1) is 17.0 Å². The van der Waals surface area contributed by atoms with Crippen molar-refractivity contribution in [1.29, 1.82) is 0 Å². The van der Waals surface area contributed by atoms with Crippen LogP contribution in [-0.4, -0.2) is 55.2 Å². The number of benzene rings is 3. The van der Waals surface area contributed by atoms with Crippen LogP contribution < -0.4 is 10.0 Å². The Balaban J connectivity index is 1.50. The SMILES string of the molecule is CCCCC(=O)[N+](Cc1ccc(-c2ccccc2S(=O)(=O)Nc2onc(C)c2C)cc1)(CC1CCCO1)[C@H](C(=O)NCc1ccc(F)cc1)C(C)C. The van der Waals surface area contributed by atoms with Gasteiger partial charge in [0.1, 0.15) is 25.0 Å². The van der Waals surface area contributed by atoms with Gasteiger partial charge in [0.25, 0.3) is 15.9 Å². The van der Waals surface area contributed by atoms with Crippen molar-refractivity contribution >= 4 is 27.7 Å². The van der Waals surface area contributed by atoms with Crippen LogP contribution in [0, 0.1) is 25.6 Å². The van der Waals surface area contributed by atoms with Crippen LogP contribution in [0.25, 0.3) is 11.1 Å². The molecule has 10 nitrogen and oxygen atoms in total. The number of nitrogens with one attached hydrogen (secondary N) is 2. The molecule has 5 rings (SSSR count). The fourth-order valence-electron chi connectivity index (χ4n) is 7.06. The number of rotatable bonds is 16. The van der Waals surface area contributed by atoms with E-state index in [4.69, 9.17) is 9.26 Å². The number of quaternary nitrogens is 1. The first kappa shape index (κ1) is 38.8. The Morgan fingerprint density at radius 3 is 2.31 bits per heavy atom. The van der Waals surface area contributed by atoms with E-state index in [2.05, 4.69) is 15.2 Å². The van der Waals surface area contributed by atoms with Gasteiger partial charge in [0, 0.05) is 35.8 Å². The Hall–Kier alpha value is -4.39. The zero-order valence-electron chi connectivity index (χ0n) is 30.7. The molecule has 278 valence electrons. The van der Waals surface area contributed by atoms with Gasteiger partial charge in [0.2, 0.25) is 5.88 Å². The van der Waals surface area contributed by atoms with E-state index in [1.54, 1.807) is 44.2 Å². The third kappa shape index (κ3) is 8.97. The fourth-order valence-corrected chi connectivity index (χ4v) is 8.34. The fraction of sp³-hybridized carbons (Fsp3) is 0.425. The molecule has 0 radical (unpaired) electrons. The second-order valence-corrected chi connectivity index (χ2v) is 15.7. The van der Waals surface area contributed by atoms with E-state index in [-0.39, 0.29) is 58.0 Å². The highest BCUT2D eigenvalue weighted by Crippen LogP contribution is 2.34. The van der Waals surface area contributed by atoms with Gasteiger partial charge in [-0.2, -0.15) is 0 Å². The molecule has 2 amide bonds. The van der Waals surface area contributed by atoms with Gasteiger partial charge < -0.3 is 14.6 Å². The molecule has 2 heterocycles. The Kier molecular flexibility index (Phi) is 12.7. The second-order valence-electron chi connectivity index (χ2n) is 14.1. The van der Waals surface area contributed by atoms with Crippen molar-refractivity contribution in [2.45, 2.75) is 96.9 Å². The number of anilines is 1. The van der Waals surface area contributed by atoms with Crippen LogP contribution >= 0.6 is 0 Å². The summed E-state index contributed by atoms with van der Waals surface area (Å²) in [4.78, 5) is 29.0. The molecule has 0 bridgehead atoms. The molecule has 3 aromatic carbocycles. The van der Waals surface area contributed by atoms with E-state index in [0.717, 1.165) is 30.4 Å². The van der Waals surface area contributed by atoms with Crippen LogP contribution in [0.5, 0.6) is 0 Å². The van der Waals surface area contributed by atoms with Crippen LogP contribution in [0.4, 0.5) is 10.3 Å². The number of carbonyl (C=O) groups is 2. The number of amides is 2. The predicted octanol–water partition coefficient (Wildman–Crippen LogP) is 7.45.